The summed E-state index contributed by atoms with van der Waals surface area (Å²) in [6, 6.07) is 0. The summed E-state index contributed by atoms with van der Waals surface area (Å²) < 4.78 is 0. The molecule has 0 bridgehead atoms. The Bertz CT molecular complexity index is 467. The van der Waals surface area contributed by atoms with E-state index in [1.807, 2.05) is 11.5 Å². The van der Waals surface area contributed by atoms with Gasteiger partial charge in [0.1, 0.15) is 16.2 Å². The van der Waals surface area contributed by atoms with Gasteiger partial charge in [0.25, 0.3) is 0 Å². The van der Waals surface area contributed by atoms with E-state index in [9.17, 15) is 0 Å². The number of fused-ring (bicyclic) bond motifs is 1. The van der Waals surface area contributed by atoms with E-state index < -0.39 is 0 Å². The third-order valence-electron chi connectivity index (χ3n) is 1.63. The minimum atomic E-state index is 0.733. The van der Waals surface area contributed by atoms with Crippen molar-refractivity contribution in [2.45, 2.75) is 5.03 Å². The number of nitrogens with zero attached hydrogens (tertiary/aromatic N) is 2. The second-order valence-corrected chi connectivity index (χ2v) is 4.82. The van der Waals surface area contributed by atoms with Crippen molar-refractivity contribution >= 4 is 44.9 Å². The highest BCUT2D eigenvalue weighted by Gasteiger charge is 2.09. The van der Waals surface area contributed by atoms with Crippen molar-refractivity contribution in [1.82, 2.24) is 9.97 Å². The third-order valence-corrected chi connectivity index (χ3v) is 3.93. The highest BCUT2D eigenvalue weighted by atomic mass is 35.5. The summed E-state index contributed by atoms with van der Waals surface area (Å²) in [4.78, 5) is 9.30. The van der Waals surface area contributed by atoms with Crippen LogP contribution in [0.5, 0.6) is 0 Å². The Balaban J connectivity index is 2.51. The van der Waals surface area contributed by atoms with Crippen molar-refractivity contribution in [2.75, 3.05) is 5.75 Å². The summed E-state index contributed by atoms with van der Waals surface area (Å²) >= 11 is 9.21. The third kappa shape index (κ3) is 1.78. The number of hydrogen-bond donors (Lipinski definition) is 0. The first-order chi connectivity index (χ1) is 6.83. The van der Waals surface area contributed by atoms with Gasteiger partial charge in [-0.05, 0) is 0 Å². The minimum absolute atomic E-state index is 0.733. The molecule has 0 aliphatic rings. The van der Waals surface area contributed by atoms with Crippen LogP contribution in [0.3, 0.4) is 0 Å². The molecule has 72 valence electrons. The number of hydrogen-bond acceptors (Lipinski definition) is 4. The van der Waals surface area contributed by atoms with Crippen LogP contribution in [0, 0.1) is 0 Å². The van der Waals surface area contributed by atoms with E-state index in [2.05, 4.69) is 16.5 Å². The fourth-order valence-corrected chi connectivity index (χ4v) is 3.06. The average molecular weight is 243 g/mol. The van der Waals surface area contributed by atoms with Gasteiger partial charge in [-0.2, -0.15) is 0 Å². The van der Waals surface area contributed by atoms with Crippen molar-refractivity contribution in [3.63, 3.8) is 0 Å². The Hall–Kier alpha value is -0.580. The number of aromatic nitrogens is 2. The van der Waals surface area contributed by atoms with E-state index in [0.717, 1.165) is 26.0 Å². The molecule has 0 aliphatic heterocycles. The Kier molecular flexibility index (Phi) is 3.05. The van der Waals surface area contributed by atoms with E-state index in [4.69, 9.17) is 11.6 Å². The first kappa shape index (κ1) is 9.96. The molecule has 2 rings (SSSR count). The van der Waals surface area contributed by atoms with Gasteiger partial charge in [-0.3, -0.25) is 0 Å². The quantitative estimate of drug-likeness (QED) is 0.467. The molecule has 2 aromatic heterocycles. The zero-order chi connectivity index (χ0) is 9.97. The molecule has 0 amide bonds. The monoisotopic (exact) mass is 242 g/mol. The van der Waals surface area contributed by atoms with Gasteiger partial charge in [-0.15, -0.1) is 29.7 Å². The Labute approximate surface area is 95.0 Å². The van der Waals surface area contributed by atoms with Gasteiger partial charge in [0.2, 0.25) is 0 Å². The summed E-state index contributed by atoms with van der Waals surface area (Å²) in [6.07, 6.45) is 3.42. The molecular formula is C9H7ClN2S2. The number of halogens is 1. The van der Waals surface area contributed by atoms with Crippen LogP contribution in [-0.2, 0) is 0 Å². The largest absolute Gasteiger partial charge is 0.229 e. The van der Waals surface area contributed by atoms with Crippen LogP contribution in [0.15, 0.2) is 29.4 Å². The van der Waals surface area contributed by atoms with Crippen molar-refractivity contribution in [3.05, 3.63) is 29.4 Å². The molecule has 5 heteroatoms. The molecule has 0 N–H and O–H groups in total. The molecule has 0 fully saturated rings. The number of thioether (sulfide) groups is 1. The lowest BCUT2D eigenvalue weighted by molar-refractivity contribution is 1.11. The zero-order valence-corrected chi connectivity index (χ0v) is 9.62. The van der Waals surface area contributed by atoms with Crippen LogP contribution in [-0.4, -0.2) is 15.7 Å². The second-order valence-electron chi connectivity index (χ2n) is 2.54. The van der Waals surface area contributed by atoms with Gasteiger partial charge in [-0.25, -0.2) is 9.97 Å². The lowest BCUT2D eigenvalue weighted by Crippen LogP contribution is -1.83. The molecule has 0 saturated carbocycles. The molecular weight excluding hydrogens is 236 g/mol. The molecule has 0 atom stereocenters. The van der Waals surface area contributed by atoms with Crippen molar-refractivity contribution in [1.29, 1.82) is 0 Å². The number of rotatable bonds is 3. The van der Waals surface area contributed by atoms with E-state index in [0.29, 0.717) is 0 Å². The molecule has 2 nitrogen and oxygen atoms in total. The molecule has 0 aliphatic carbocycles. The molecule has 2 aromatic rings. The van der Waals surface area contributed by atoms with Crippen molar-refractivity contribution in [2.24, 2.45) is 0 Å². The molecule has 0 radical (unpaired) electrons. The molecule has 0 unspecified atom stereocenters. The van der Waals surface area contributed by atoms with E-state index in [1.165, 1.54) is 11.3 Å². The first-order valence-electron chi connectivity index (χ1n) is 3.94. The van der Waals surface area contributed by atoms with E-state index in [1.54, 1.807) is 18.1 Å². The summed E-state index contributed by atoms with van der Waals surface area (Å²) in [7, 11) is 0. The normalized spacial score (nSPS) is 10.6. The summed E-state index contributed by atoms with van der Waals surface area (Å²) in [5, 5.41) is 4.52. The van der Waals surface area contributed by atoms with Crippen LogP contribution >= 0.6 is 34.7 Å². The molecule has 0 spiro atoms. The van der Waals surface area contributed by atoms with E-state index >= 15 is 0 Å². The summed E-state index contributed by atoms with van der Waals surface area (Å²) in [5.41, 5.74) is 0. The standard InChI is InChI=1S/C9H7ClN2S2/c1-2-3-13-8-7-6(10)4-14-9(7)12-5-11-8/h2,4-5H,1,3H2. The minimum Gasteiger partial charge on any atom is -0.229 e. The van der Waals surface area contributed by atoms with E-state index in [-0.39, 0.29) is 0 Å². The van der Waals surface area contributed by atoms with Crippen LogP contribution < -0.4 is 0 Å². The molecule has 0 saturated heterocycles. The predicted molar refractivity (Wildman–Crippen MR) is 63.3 cm³/mol. The maximum atomic E-state index is 6.05. The topological polar surface area (TPSA) is 25.8 Å². The summed E-state index contributed by atoms with van der Waals surface area (Å²) in [5.74, 6) is 0.832. The molecule has 14 heavy (non-hydrogen) atoms. The Morgan fingerprint density at radius 1 is 1.57 bits per heavy atom. The smallest absolute Gasteiger partial charge is 0.129 e. The predicted octanol–water partition coefficient (Wildman–Crippen LogP) is 3.62. The molecule has 2 heterocycles. The SMILES string of the molecule is C=CCSc1ncnc2scc(Cl)c12. The maximum Gasteiger partial charge on any atom is 0.129 e. The van der Waals surface area contributed by atoms with Gasteiger partial charge >= 0.3 is 0 Å². The van der Waals surface area contributed by atoms with Crippen LogP contribution in [0.25, 0.3) is 10.2 Å². The fraction of sp³-hybridized carbons (Fsp3) is 0.111. The van der Waals surface area contributed by atoms with Crippen molar-refractivity contribution < 1.29 is 0 Å². The number of thiophene rings is 1. The van der Waals surface area contributed by atoms with Crippen LogP contribution in [0.1, 0.15) is 0 Å². The fourth-order valence-electron chi connectivity index (χ4n) is 1.06. The zero-order valence-electron chi connectivity index (χ0n) is 7.24. The van der Waals surface area contributed by atoms with Gasteiger partial charge < -0.3 is 0 Å². The lowest BCUT2D eigenvalue weighted by Gasteiger charge is -1.98. The average Bonchev–Trinajstić information content (AvgIpc) is 2.58. The highest BCUT2D eigenvalue weighted by molar-refractivity contribution is 7.99. The Morgan fingerprint density at radius 3 is 3.21 bits per heavy atom. The van der Waals surface area contributed by atoms with Gasteiger partial charge in [-0.1, -0.05) is 17.7 Å². The van der Waals surface area contributed by atoms with Gasteiger partial charge in [0.05, 0.1) is 10.4 Å². The summed E-state index contributed by atoms with van der Waals surface area (Å²) in [6.45, 7) is 3.67. The van der Waals surface area contributed by atoms with Gasteiger partial charge in [0.15, 0.2) is 0 Å². The first-order valence-corrected chi connectivity index (χ1v) is 6.18. The lowest BCUT2D eigenvalue weighted by atomic mass is 10.4. The highest BCUT2D eigenvalue weighted by Crippen LogP contribution is 2.34. The Morgan fingerprint density at radius 2 is 2.43 bits per heavy atom. The second kappa shape index (κ2) is 4.29. The van der Waals surface area contributed by atoms with Crippen LogP contribution in [0.4, 0.5) is 0 Å². The van der Waals surface area contributed by atoms with Crippen LogP contribution in [0.2, 0.25) is 5.02 Å². The molecule has 0 aromatic carbocycles. The maximum absolute atomic E-state index is 6.05. The van der Waals surface area contributed by atoms with Gasteiger partial charge in [0, 0.05) is 11.1 Å². The van der Waals surface area contributed by atoms with Crippen molar-refractivity contribution in [3.8, 4) is 0 Å².